The standard InChI is InChI=1S/C14H17N3O3S/c1-10(18)13-9-12(17(19)20)14(21-13)16(2)8-6-11-5-3-4-7-15-11/h3-5,7,9-10,18H,6,8H2,1-2H3/t10-/m0/s1. The number of nitro groups is 1. The van der Waals surface area contributed by atoms with Gasteiger partial charge < -0.3 is 10.0 Å². The predicted molar refractivity (Wildman–Crippen MR) is 82.8 cm³/mol. The highest BCUT2D eigenvalue weighted by Gasteiger charge is 2.23. The van der Waals surface area contributed by atoms with Crippen molar-refractivity contribution in [3.8, 4) is 0 Å². The fraction of sp³-hybridized carbons (Fsp3) is 0.357. The summed E-state index contributed by atoms with van der Waals surface area (Å²) >= 11 is 1.25. The van der Waals surface area contributed by atoms with Gasteiger partial charge in [0, 0.05) is 42.8 Å². The number of hydrogen-bond donors (Lipinski definition) is 1. The molecule has 2 aromatic heterocycles. The quantitative estimate of drug-likeness (QED) is 0.655. The number of aliphatic hydroxyl groups is 1. The Bertz CT molecular complexity index is 613. The van der Waals surface area contributed by atoms with Gasteiger partial charge in [0.2, 0.25) is 0 Å². The van der Waals surface area contributed by atoms with Crippen molar-refractivity contribution in [2.75, 3.05) is 18.5 Å². The van der Waals surface area contributed by atoms with Gasteiger partial charge in [0.1, 0.15) is 0 Å². The number of anilines is 1. The molecule has 2 aromatic rings. The molecular weight excluding hydrogens is 290 g/mol. The fourth-order valence-corrected chi connectivity index (χ4v) is 2.98. The second-order valence-electron chi connectivity index (χ2n) is 4.76. The molecule has 0 aliphatic rings. The molecule has 6 nitrogen and oxygen atoms in total. The number of aromatic nitrogens is 1. The van der Waals surface area contributed by atoms with Crippen LogP contribution in [-0.2, 0) is 6.42 Å². The summed E-state index contributed by atoms with van der Waals surface area (Å²) in [7, 11) is 1.81. The van der Waals surface area contributed by atoms with Crippen LogP contribution >= 0.6 is 11.3 Å². The van der Waals surface area contributed by atoms with Crippen LogP contribution in [0.5, 0.6) is 0 Å². The van der Waals surface area contributed by atoms with E-state index in [2.05, 4.69) is 4.98 Å². The van der Waals surface area contributed by atoms with Crippen molar-refractivity contribution in [2.24, 2.45) is 0 Å². The molecule has 0 saturated heterocycles. The minimum Gasteiger partial charge on any atom is -0.388 e. The van der Waals surface area contributed by atoms with Crippen LogP contribution in [0, 0.1) is 10.1 Å². The first-order valence-corrected chi connectivity index (χ1v) is 7.38. The van der Waals surface area contributed by atoms with Gasteiger partial charge in [-0.1, -0.05) is 6.07 Å². The fourth-order valence-electron chi connectivity index (χ4n) is 1.93. The Labute approximate surface area is 126 Å². The zero-order valence-corrected chi connectivity index (χ0v) is 12.7. The average Bonchev–Trinajstić information content (AvgIpc) is 2.91. The summed E-state index contributed by atoms with van der Waals surface area (Å²) in [5.41, 5.74) is 0.985. The number of aliphatic hydroxyl groups excluding tert-OH is 1. The van der Waals surface area contributed by atoms with Crippen molar-refractivity contribution in [2.45, 2.75) is 19.4 Å². The Balaban J connectivity index is 2.14. The molecule has 0 unspecified atom stereocenters. The van der Waals surface area contributed by atoms with Crippen LogP contribution in [0.2, 0.25) is 0 Å². The van der Waals surface area contributed by atoms with Crippen LogP contribution in [0.3, 0.4) is 0 Å². The lowest BCUT2D eigenvalue weighted by molar-refractivity contribution is -0.383. The van der Waals surface area contributed by atoms with Crippen molar-refractivity contribution in [3.05, 3.63) is 51.1 Å². The number of likely N-dealkylation sites (N-methyl/N-ethyl adjacent to an activating group) is 1. The molecule has 0 amide bonds. The van der Waals surface area contributed by atoms with Crippen molar-refractivity contribution in [1.82, 2.24) is 4.98 Å². The first-order chi connectivity index (χ1) is 9.99. The highest BCUT2D eigenvalue weighted by atomic mass is 32.1. The van der Waals surface area contributed by atoms with Gasteiger partial charge in [-0.25, -0.2) is 0 Å². The Kier molecular flexibility index (Phi) is 4.87. The van der Waals surface area contributed by atoms with E-state index in [0.29, 0.717) is 22.8 Å². The van der Waals surface area contributed by atoms with Gasteiger partial charge in [-0.2, -0.15) is 0 Å². The van der Waals surface area contributed by atoms with E-state index >= 15 is 0 Å². The molecule has 21 heavy (non-hydrogen) atoms. The molecular formula is C14H17N3O3S. The highest BCUT2D eigenvalue weighted by Crippen LogP contribution is 2.39. The number of pyridine rings is 1. The smallest absolute Gasteiger partial charge is 0.304 e. The Morgan fingerprint density at radius 3 is 2.86 bits per heavy atom. The van der Waals surface area contributed by atoms with E-state index in [1.54, 1.807) is 13.1 Å². The minimum atomic E-state index is -0.702. The third-order valence-corrected chi connectivity index (χ3v) is 4.51. The molecule has 112 valence electrons. The Morgan fingerprint density at radius 2 is 2.29 bits per heavy atom. The molecule has 0 aliphatic heterocycles. The van der Waals surface area contributed by atoms with Gasteiger partial charge in [-0.15, -0.1) is 11.3 Å². The van der Waals surface area contributed by atoms with E-state index < -0.39 is 11.0 Å². The van der Waals surface area contributed by atoms with E-state index in [0.717, 1.165) is 5.69 Å². The Hall–Kier alpha value is -1.99. The van der Waals surface area contributed by atoms with Crippen LogP contribution in [0.1, 0.15) is 23.6 Å². The Morgan fingerprint density at radius 1 is 1.52 bits per heavy atom. The average molecular weight is 307 g/mol. The maximum absolute atomic E-state index is 11.1. The second kappa shape index (κ2) is 6.64. The van der Waals surface area contributed by atoms with Crippen LogP contribution in [0.25, 0.3) is 0 Å². The molecule has 1 N–H and O–H groups in total. The summed E-state index contributed by atoms with van der Waals surface area (Å²) in [5, 5.41) is 21.3. The first-order valence-electron chi connectivity index (χ1n) is 6.56. The third-order valence-electron chi connectivity index (χ3n) is 3.10. The summed E-state index contributed by atoms with van der Waals surface area (Å²) in [5.74, 6) is 0. The molecule has 2 heterocycles. The lowest BCUT2D eigenvalue weighted by Crippen LogP contribution is -2.20. The molecule has 0 radical (unpaired) electrons. The number of rotatable bonds is 6. The molecule has 7 heteroatoms. The third kappa shape index (κ3) is 3.77. The lowest BCUT2D eigenvalue weighted by Gasteiger charge is -2.16. The lowest BCUT2D eigenvalue weighted by atomic mass is 10.2. The largest absolute Gasteiger partial charge is 0.388 e. The van der Waals surface area contributed by atoms with E-state index in [9.17, 15) is 15.2 Å². The SMILES string of the molecule is C[C@H](O)c1cc([N+](=O)[O-])c(N(C)CCc2ccccn2)s1. The topological polar surface area (TPSA) is 79.5 Å². The number of hydrogen-bond acceptors (Lipinski definition) is 6. The molecule has 2 rings (SSSR count). The monoisotopic (exact) mass is 307 g/mol. The van der Waals surface area contributed by atoms with E-state index in [4.69, 9.17) is 0 Å². The minimum absolute atomic E-state index is 0.0411. The van der Waals surface area contributed by atoms with Gasteiger partial charge in [-0.3, -0.25) is 15.1 Å². The van der Waals surface area contributed by atoms with Gasteiger partial charge in [-0.05, 0) is 19.1 Å². The number of nitrogens with zero attached hydrogens (tertiary/aromatic N) is 3. The second-order valence-corrected chi connectivity index (χ2v) is 5.83. The zero-order chi connectivity index (χ0) is 15.4. The van der Waals surface area contributed by atoms with Crippen LogP contribution < -0.4 is 4.90 Å². The molecule has 0 aromatic carbocycles. The molecule has 1 atom stereocenters. The molecule has 0 spiro atoms. The zero-order valence-electron chi connectivity index (χ0n) is 11.9. The summed E-state index contributed by atoms with van der Waals surface area (Å²) in [6, 6.07) is 7.15. The van der Waals surface area contributed by atoms with E-state index in [-0.39, 0.29) is 5.69 Å². The van der Waals surface area contributed by atoms with Crippen molar-refractivity contribution in [3.63, 3.8) is 0 Å². The molecule has 0 aliphatic carbocycles. The maximum atomic E-state index is 11.1. The summed E-state index contributed by atoms with van der Waals surface area (Å²) in [6.45, 7) is 2.23. The van der Waals surface area contributed by atoms with E-state index in [1.807, 2.05) is 30.1 Å². The summed E-state index contributed by atoms with van der Waals surface area (Å²) in [6.07, 6.45) is 1.73. The normalized spacial score (nSPS) is 12.1. The molecule has 0 bridgehead atoms. The van der Waals surface area contributed by atoms with Gasteiger partial charge >= 0.3 is 5.69 Å². The summed E-state index contributed by atoms with van der Waals surface area (Å²) in [4.78, 5) is 17.4. The van der Waals surface area contributed by atoms with Gasteiger partial charge in [0.15, 0.2) is 5.00 Å². The van der Waals surface area contributed by atoms with Crippen molar-refractivity contribution in [1.29, 1.82) is 0 Å². The first kappa shape index (κ1) is 15.4. The van der Waals surface area contributed by atoms with Gasteiger partial charge in [0.05, 0.1) is 11.0 Å². The van der Waals surface area contributed by atoms with Crippen molar-refractivity contribution < 1.29 is 10.0 Å². The van der Waals surface area contributed by atoms with Crippen molar-refractivity contribution >= 4 is 22.0 Å². The molecule has 0 fully saturated rings. The highest BCUT2D eigenvalue weighted by molar-refractivity contribution is 7.16. The predicted octanol–water partition coefficient (Wildman–Crippen LogP) is 2.78. The van der Waals surface area contributed by atoms with Crippen LogP contribution in [-0.4, -0.2) is 28.6 Å². The van der Waals surface area contributed by atoms with Crippen LogP contribution in [0.4, 0.5) is 10.7 Å². The van der Waals surface area contributed by atoms with E-state index in [1.165, 1.54) is 17.4 Å². The number of thiophene rings is 1. The summed E-state index contributed by atoms with van der Waals surface area (Å²) < 4.78 is 0. The maximum Gasteiger partial charge on any atom is 0.304 e. The van der Waals surface area contributed by atoms with Crippen LogP contribution in [0.15, 0.2) is 30.5 Å². The molecule has 0 saturated carbocycles. The van der Waals surface area contributed by atoms with Gasteiger partial charge in [0.25, 0.3) is 0 Å².